The number of halogens is 2. The van der Waals surface area contributed by atoms with Crippen molar-refractivity contribution in [3.63, 3.8) is 0 Å². The van der Waals surface area contributed by atoms with E-state index < -0.39 is 4.92 Å². The number of nitro groups is 1. The van der Waals surface area contributed by atoms with Crippen LogP contribution in [0.2, 0.25) is 10.0 Å². The van der Waals surface area contributed by atoms with Crippen molar-refractivity contribution < 1.29 is 9.72 Å². The first kappa shape index (κ1) is 22.1. The molecule has 172 valence electrons. The average Bonchev–Trinajstić information content (AvgIpc) is 3.30. The van der Waals surface area contributed by atoms with E-state index in [0.29, 0.717) is 47.4 Å². The molecule has 0 unspecified atom stereocenters. The smallest absolute Gasteiger partial charge is 0.269 e. The Morgan fingerprint density at radius 1 is 0.971 bits per heavy atom. The molecule has 0 bridgehead atoms. The summed E-state index contributed by atoms with van der Waals surface area (Å²) in [7, 11) is 0. The summed E-state index contributed by atoms with van der Waals surface area (Å²) in [5, 5.41) is 16.2. The van der Waals surface area contributed by atoms with Crippen molar-refractivity contribution in [3.05, 3.63) is 86.6 Å². The number of nitro benzene ring substituents is 1. The van der Waals surface area contributed by atoms with Gasteiger partial charge in [-0.25, -0.2) is 9.50 Å². The minimum atomic E-state index is -0.419. The summed E-state index contributed by atoms with van der Waals surface area (Å²) in [5.41, 5.74) is 3.38. The van der Waals surface area contributed by atoms with Crippen LogP contribution in [0.3, 0.4) is 0 Å². The van der Waals surface area contributed by atoms with E-state index in [-0.39, 0.29) is 11.6 Å². The van der Waals surface area contributed by atoms with E-state index in [1.54, 1.807) is 45.9 Å². The summed E-state index contributed by atoms with van der Waals surface area (Å²) < 4.78 is 1.62. The van der Waals surface area contributed by atoms with Crippen molar-refractivity contribution in [3.8, 4) is 11.3 Å². The SMILES string of the molecule is O=C(c1cnn2c(-c3ccc(Cl)c(Cl)c3)ccnc12)N1CCN(c2ccc([N+](=O)[O-])cc2)CC1. The Morgan fingerprint density at radius 3 is 2.38 bits per heavy atom. The molecule has 0 radical (unpaired) electrons. The molecule has 5 rings (SSSR count). The monoisotopic (exact) mass is 496 g/mol. The van der Waals surface area contributed by atoms with Crippen LogP contribution in [0.1, 0.15) is 10.4 Å². The minimum absolute atomic E-state index is 0.0541. The van der Waals surface area contributed by atoms with Crippen LogP contribution in [-0.4, -0.2) is 56.5 Å². The van der Waals surface area contributed by atoms with Gasteiger partial charge in [0.05, 0.1) is 26.9 Å². The number of benzene rings is 2. The molecule has 1 aliphatic rings. The average molecular weight is 497 g/mol. The molecule has 0 atom stereocenters. The Balaban J connectivity index is 1.34. The lowest BCUT2D eigenvalue weighted by Gasteiger charge is -2.36. The van der Waals surface area contributed by atoms with Gasteiger partial charge >= 0.3 is 0 Å². The van der Waals surface area contributed by atoms with E-state index in [0.717, 1.165) is 16.9 Å². The first-order valence-corrected chi connectivity index (χ1v) is 11.2. The van der Waals surface area contributed by atoms with Gasteiger partial charge in [-0.2, -0.15) is 5.10 Å². The van der Waals surface area contributed by atoms with Crippen LogP contribution in [-0.2, 0) is 0 Å². The van der Waals surface area contributed by atoms with Gasteiger partial charge in [-0.15, -0.1) is 0 Å². The normalized spacial score (nSPS) is 13.9. The van der Waals surface area contributed by atoms with Gasteiger partial charge in [-0.05, 0) is 30.3 Å². The molecule has 0 spiro atoms. The number of amides is 1. The molecule has 1 fully saturated rings. The van der Waals surface area contributed by atoms with E-state index in [9.17, 15) is 14.9 Å². The van der Waals surface area contributed by atoms with Crippen molar-refractivity contribution in [2.75, 3.05) is 31.1 Å². The third-order valence-electron chi connectivity index (χ3n) is 5.84. The highest BCUT2D eigenvalue weighted by Crippen LogP contribution is 2.29. The number of rotatable bonds is 4. The Labute approximate surface area is 204 Å². The Hall–Kier alpha value is -3.69. The maximum Gasteiger partial charge on any atom is 0.269 e. The van der Waals surface area contributed by atoms with E-state index in [2.05, 4.69) is 15.0 Å². The summed E-state index contributed by atoms with van der Waals surface area (Å²) in [6.07, 6.45) is 3.17. The van der Waals surface area contributed by atoms with E-state index in [4.69, 9.17) is 23.2 Å². The van der Waals surface area contributed by atoms with Crippen LogP contribution >= 0.6 is 23.2 Å². The number of hydrogen-bond acceptors (Lipinski definition) is 6. The highest BCUT2D eigenvalue weighted by atomic mass is 35.5. The van der Waals surface area contributed by atoms with Crippen molar-refractivity contribution in [2.45, 2.75) is 0 Å². The second-order valence-electron chi connectivity index (χ2n) is 7.81. The summed E-state index contributed by atoms with van der Waals surface area (Å²) in [6.45, 7) is 2.26. The second-order valence-corrected chi connectivity index (χ2v) is 8.62. The number of anilines is 1. The van der Waals surface area contributed by atoms with E-state index in [1.807, 2.05) is 6.07 Å². The minimum Gasteiger partial charge on any atom is -0.368 e. The van der Waals surface area contributed by atoms with E-state index in [1.165, 1.54) is 18.3 Å². The molecule has 2 aromatic heterocycles. The summed E-state index contributed by atoms with van der Waals surface area (Å²) in [6, 6.07) is 13.5. The maximum absolute atomic E-state index is 13.3. The lowest BCUT2D eigenvalue weighted by atomic mass is 10.1. The van der Waals surface area contributed by atoms with Crippen LogP contribution in [0, 0.1) is 10.1 Å². The standard InChI is InChI=1S/C23H18Cl2N6O3/c24-19-6-1-15(13-20(19)25)21-7-8-26-22-18(14-27-30(21)22)23(32)29-11-9-28(10-12-29)16-2-4-17(5-3-16)31(33)34/h1-8,13-14H,9-12H2. The first-order chi connectivity index (χ1) is 16.4. The third kappa shape index (κ3) is 4.04. The predicted octanol–water partition coefficient (Wildman–Crippen LogP) is 4.57. The number of aromatic nitrogens is 3. The molecule has 1 saturated heterocycles. The zero-order valence-electron chi connectivity index (χ0n) is 17.8. The Bertz CT molecular complexity index is 1400. The fraction of sp³-hybridized carbons (Fsp3) is 0.174. The molecule has 0 saturated carbocycles. The molecule has 0 aliphatic carbocycles. The van der Waals surface area contributed by atoms with Crippen LogP contribution in [0.15, 0.2) is 60.9 Å². The molecular weight excluding hydrogens is 479 g/mol. The van der Waals surface area contributed by atoms with Crippen molar-refractivity contribution in [2.24, 2.45) is 0 Å². The van der Waals surface area contributed by atoms with Gasteiger partial charge in [-0.1, -0.05) is 29.3 Å². The van der Waals surface area contributed by atoms with Gasteiger partial charge in [-0.3, -0.25) is 14.9 Å². The summed E-state index contributed by atoms with van der Waals surface area (Å²) in [5.74, 6) is -0.142. The van der Waals surface area contributed by atoms with Gasteiger partial charge < -0.3 is 9.80 Å². The lowest BCUT2D eigenvalue weighted by molar-refractivity contribution is -0.384. The molecule has 3 heterocycles. The maximum atomic E-state index is 13.3. The molecule has 2 aromatic carbocycles. The number of piperazine rings is 1. The number of fused-ring (bicyclic) bond motifs is 1. The zero-order chi connectivity index (χ0) is 23.8. The topological polar surface area (TPSA) is 96.9 Å². The fourth-order valence-corrected chi connectivity index (χ4v) is 4.34. The number of non-ortho nitro benzene ring substituents is 1. The van der Waals surface area contributed by atoms with Gasteiger partial charge in [0, 0.05) is 55.8 Å². The number of carbonyl (C=O) groups excluding carboxylic acids is 1. The molecule has 1 amide bonds. The first-order valence-electron chi connectivity index (χ1n) is 10.5. The lowest BCUT2D eigenvalue weighted by Crippen LogP contribution is -2.48. The van der Waals surface area contributed by atoms with Gasteiger partial charge in [0.1, 0.15) is 5.56 Å². The Morgan fingerprint density at radius 2 is 1.71 bits per heavy atom. The van der Waals surface area contributed by atoms with Crippen LogP contribution < -0.4 is 4.90 Å². The molecule has 34 heavy (non-hydrogen) atoms. The second kappa shape index (κ2) is 8.92. The van der Waals surface area contributed by atoms with Crippen LogP contribution in [0.4, 0.5) is 11.4 Å². The van der Waals surface area contributed by atoms with Gasteiger partial charge in [0.25, 0.3) is 11.6 Å². The molecule has 9 nitrogen and oxygen atoms in total. The number of hydrogen-bond donors (Lipinski definition) is 0. The van der Waals surface area contributed by atoms with Crippen LogP contribution in [0.5, 0.6) is 0 Å². The summed E-state index contributed by atoms with van der Waals surface area (Å²) in [4.78, 5) is 32.0. The predicted molar refractivity (Wildman–Crippen MR) is 130 cm³/mol. The number of carbonyl (C=O) groups is 1. The van der Waals surface area contributed by atoms with Crippen molar-refractivity contribution in [1.29, 1.82) is 0 Å². The highest BCUT2D eigenvalue weighted by molar-refractivity contribution is 6.42. The fourth-order valence-electron chi connectivity index (χ4n) is 4.04. The van der Waals surface area contributed by atoms with Crippen molar-refractivity contribution >= 4 is 46.1 Å². The number of nitrogens with zero attached hydrogens (tertiary/aromatic N) is 6. The molecule has 1 aliphatic heterocycles. The Kier molecular flexibility index (Phi) is 5.80. The van der Waals surface area contributed by atoms with E-state index >= 15 is 0 Å². The largest absolute Gasteiger partial charge is 0.368 e. The molecular formula is C23H18Cl2N6O3. The molecule has 11 heteroatoms. The van der Waals surface area contributed by atoms with Gasteiger partial charge in [0.2, 0.25) is 0 Å². The summed E-state index contributed by atoms with van der Waals surface area (Å²) >= 11 is 12.2. The third-order valence-corrected chi connectivity index (χ3v) is 6.58. The van der Waals surface area contributed by atoms with Crippen molar-refractivity contribution in [1.82, 2.24) is 19.5 Å². The van der Waals surface area contributed by atoms with Gasteiger partial charge in [0.15, 0.2) is 5.65 Å². The quantitative estimate of drug-likeness (QED) is 0.303. The molecule has 0 N–H and O–H groups in total. The van der Waals surface area contributed by atoms with Crippen LogP contribution in [0.25, 0.3) is 16.9 Å². The zero-order valence-corrected chi connectivity index (χ0v) is 19.3. The highest BCUT2D eigenvalue weighted by Gasteiger charge is 2.26. The molecule has 4 aromatic rings.